The first kappa shape index (κ1) is 13.5. The molecule has 0 aromatic carbocycles. The summed E-state index contributed by atoms with van der Waals surface area (Å²) < 4.78 is 1.80. The Balaban J connectivity index is 1.98. The van der Waals surface area contributed by atoms with Crippen molar-refractivity contribution in [1.82, 2.24) is 9.78 Å². The summed E-state index contributed by atoms with van der Waals surface area (Å²) in [6, 6.07) is 0. The minimum Gasteiger partial charge on any atom is -0.393 e. The first-order chi connectivity index (χ1) is 8.58. The van der Waals surface area contributed by atoms with Gasteiger partial charge in [-0.3, -0.25) is 4.79 Å². The molecule has 1 heterocycles. The largest absolute Gasteiger partial charge is 0.393 e. The van der Waals surface area contributed by atoms with Crippen LogP contribution in [0.4, 0.5) is 5.69 Å². The highest BCUT2D eigenvalue weighted by atomic mass is 79.9. The first-order valence-electron chi connectivity index (χ1n) is 6.21. The Morgan fingerprint density at radius 3 is 3.11 bits per heavy atom. The third kappa shape index (κ3) is 3.11. The SMILES string of the molecule is Cn1ncc(NCC2CCCC(O)C2)c(Br)c1=O. The maximum atomic E-state index is 11.7. The van der Waals surface area contributed by atoms with Gasteiger partial charge in [-0.15, -0.1) is 0 Å². The van der Waals surface area contributed by atoms with Gasteiger partial charge < -0.3 is 10.4 Å². The fraction of sp³-hybridized carbons (Fsp3) is 0.667. The number of hydrogen-bond donors (Lipinski definition) is 2. The van der Waals surface area contributed by atoms with Crippen molar-refractivity contribution in [2.45, 2.75) is 31.8 Å². The van der Waals surface area contributed by atoms with Gasteiger partial charge in [-0.25, -0.2) is 4.68 Å². The van der Waals surface area contributed by atoms with Crippen LogP contribution in [0, 0.1) is 5.92 Å². The van der Waals surface area contributed by atoms with E-state index in [-0.39, 0.29) is 11.7 Å². The lowest BCUT2D eigenvalue weighted by Crippen LogP contribution is -2.26. The van der Waals surface area contributed by atoms with Crippen LogP contribution in [0.3, 0.4) is 0 Å². The van der Waals surface area contributed by atoms with Gasteiger partial charge in [0.1, 0.15) is 4.47 Å². The number of aromatic nitrogens is 2. The Labute approximate surface area is 114 Å². The normalized spacial score (nSPS) is 23.9. The van der Waals surface area contributed by atoms with Gasteiger partial charge in [-0.05, 0) is 41.1 Å². The molecule has 1 aliphatic carbocycles. The summed E-state index contributed by atoms with van der Waals surface area (Å²) in [5, 5.41) is 16.8. The van der Waals surface area contributed by atoms with Crippen molar-refractivity contribution in [1.29, 1.82) is 0 Å². The molecule has 0 spiro atoms. The second kappa shape index (κ2) is 5.84. The monoisotopic (exact) mass is 315 g/mol. The molecule has 1 aromatic heterocycles. The number of nitrogens with zero attached hydrogens (tertiary/aromatic N) is 2. The van der Waals surface area contributed by atoms with E-state index in [1.165, 1.54) is 4.68 Å². The first-order valence-corrected chi connectivity index (χ1v) is 7.01. The number of aryl methyl sites for hydroxylation is 1. The van der Waals surface area contributed by atoms with Crippen LogP contribution in [-0.4, -0.2) is 27.5 Å². The van der Waals surface area contributed by atoms with Gasteiger partial charge in [0, 0.05) is 13.6 Å². The fourth-order valence-electron chi connectivity index (χ4n) is 2.34. The highest BCUT2D eigenvalue weighted by Gasteiger charge is 2.20. The van der Waals surface area contributed by atoms with Crippen molar-refractivity contribution >= 4 is 21.6 Å². The Morgan fingerprint density at radius 1 is 1.61 bits per heavy atom. The lowest BCUT2D eigenvalue weighted by atomic mass is 9.87. The number of nitrogens with one attached hydrogen (secondary N) is 1. The summed E-state index contributed by atoms with van der Waals surface area (Å²) in [6.45, 7) is 0.768. The van der Waals surface area contributed by atoms with E-state index >= 15 is 0 Å². The quantitative estimate of drug-likeness (QED) is 0.887. The molecule has 2 rings (SSSR count). The second-order valence-electron chi connectivity index (χ2n) is 4.87. The molecule has 100 valence electrons. The standard InChI is InChI=1S/C12H18BrN3O2/c1-16-12(18)11(13)10(7-15-16)14-6-8-3-2-4-9(17)5-8/h7-9,14,17H,2-6H2,1H3. The number of aliphatic hydroxyl groups is 1. The number of halogens is 1. The Kier molecular flexibility index (Phi) is 4.40. The molecule has 0 amide bonds. The van der Waals surface area contributed by atoms with E-state index in [0.29, 0.717) is 10.4 Å². The van der Waals surface area contributed by atoms with Crippen molar-refractivity contribution in [3.05, 3.63) is 21.0 Å². The zero-order chi connectivity index (χ0) is 13.1. The molecular weight excluding hydrogens is 298 g/mol. The Hall–Kier alpha value is -0.880. The molecule has 1 fully saturated rings. The molecule has 18 heavy (non-hydrogen) atoms. The van der Waals surface area contributed by atoms with E-state index in [9.17, 15) is 9.90 Å². The zero-order valence-corrected chi connectivity index (χ0v) is 12.0. The minimum atomic E-state index is -0.171. The lowest BCUT2D eigenvalue weighted by molar-refractivity contribution is 0.105. The molecule has 1 aromatic rings. The zero-order valence-electron chi connectivity index (χ0n) is 10.4. The van der Waals surface area contributed by atoms with E-state index in [0.717, 1.165) is 37.9 Å². The maximum absolute atomic E-state index is 11.7. The average Bonchev–Trinajstić information content (AvgIpc) is 2.35. The maximum Gasteiger partial charge on any atom is 0.282 e. The van der Waals surface area contributed by atoms with Crippen molar-refractivity contribution < 1.29 is 5.11 Å². The third-order valence-corrected chi connectivity index (χ3v) is 4.18. The summed E-state index contributed by atoms with van der Waals surface area (Å²) in [6.07, 6.45) is 5.42. The summed E-state index contributed by atoms with van der Waals surface area (Å²) >= 11 is 3.28. The van der Waals surface area contributed by atoms with Gasteiger partial charge in [-0.1, -0.05) is 6.42 Å². The van der Waals surface area contributed by atoms with Gasteiger partial charge >= 0.3 is 0 Å². The van der Waals surface area contributed by atoms with Crippen LogP contribution in [0.2, 0.25) is 0 Å². The molecule has 6 heteroatoms. The average molecular weight is 316 g/mol. The fourth-order valence-corrected chi connectivity index (χ4v) is 2.84. The number of rotatable bonds is 3. The topological polar surface area (TPSA) is 67.2 Å². The minimum absolute atomic E-state index is 0.149. The molecule has 2 unspecified atom stereocenters. The van der Waals surface area contributed by atoms with Crippen LogP contribution in [0.25, 0.3) is 0 Å². The smallest absolute Gasteiger partial charge is 0.282 e. The molecule has 2 N–H and O–H groups in total. The summed E-state index contributed by atoms with van der Waals surface area (Å²) in [4.78, 5) is 11.7. The molecule has 0 saturated heterocycles. The van der Waals surface area contributed by atoms with E-state index in [1.54, 1.807) is 13.2 Å². The number of anilines is 1. The van der Waals surface area contributed by atoms with Gasteiger partial charge in [-0.2, -0.15) is 5.10 Å². The Bertz CT molecular complexity index is 475. The van der Waals surface area contributed by atoms with Gasteiger partial charge in [0.05, 0.1) is 18.0 Å². The third-order valence-electron chi connectivity index (χ3n) is 3.41. The van der Waals surface area contributed by atoms with Crippen molar-refractivity contribution in [3.8, 4) is 0 Å². The van der Waals surface area contributed by atoms with Crippen LogP contribution >= 0.6 is 15.9 Å². The van der Waals surface area contributed by atoms with E-state index in [1.807, 2.05) is 0 Å². The highest BCUT2D eigenvalue weighted by molar-refractivity contribution is 9.10. The van der Waals surface area contributed by atoms with E-state index < -0.39 is 0 Å². The Morgan fingerprint density at radius 2 is 2.39 bits per heavy atom. The highest BCUT2D eigenvalue weighted by Crippen LogP contribution is 2.25. The number of aliphatic hydroxyl groups excluding tert-OH is 1. The van der Waals surface area contributed by atoms with Crippen LogP contribution in [0.15, 0.2) is 15.5 Å². The van der Waals surface area contributed by atoms with E-state index in [4.69, 9.17) is 0 Å². The summed E-state index contributed by atoms with van der Waals surface area (Å²) in [7, 11) is 1.62. The van der Waals surface area contributed by atoms with Gasteiger partial charge in [0.15, 0.2) is 0 Å². The van der Waals surface area contributed by atoms with Crippen molar-refractivity contribution in [2.24, 2.45) is 13.0 Å². The molecule has 2 atom stereocenters. The van der Waals surface area contributed by atoms with Crippen molar-refractivity contribution in [3.63, 3.8) is 0 Å². The molecule has 0 aliphatic heterocycles. The van der Waals surface area contributed by atoms with Crippen LogP contribution < -0.4 is 10.9 Å². The summed E-state index contributed by atoms with van der Waals surface area (Å²) in [5.41, 5.74) is 0.571. The molecule has 5 nitrogen and oxygen atoms in total. The second-order valence-corrected chi connectivity index (χ2v) is 5.66. The lowest BCUT2D eigenvalue weighted by Gasteiger charge is -2.26. The van der Waals surface area contributed by atoms with Crippen LogP contribution in [-0.2, 0) is 7.05 Å². The summed E-state index contributed by atoms with van der Waals surface area (Å²) in [5.74, 6) is 0.463. The molecule has 1 aliphatic rings. The van der Waals surface area contributed by atoms with Gasteiger partial charge in [0.2, 0.25) is 0 Å². The predicted molar refractivity (Wildman–Crippen MR) is 73.6 cm³/mol. The van der Waals surface area contributed by atoms with Gasteiger partial charge in [0.25, 0.3) is 5.56 Å². The molecule has 1 saturated carbocycles. The predicted octanol–water partition coefficient (Wildman–Crippen LogP) is 1.51. The van der Waals surface area contributed by atoms with Crippen LogP contribution in [0.5, 0.6) is 0 Å². The molecular formula is C12H18BrN3O2. The van der Waals surface area contributed by atoms with Crippen LogP contribution in [0.1, 0.15) is 25.7 Å². The number of hydrogen-bond acceptors (Lipinski definition) is 4. The van der Waals surface area contributed by atoms with Crippen molar-refractivity contribution in [2.75, 3.05) is 11.9 Å². The molecule has 0 bridgehead atoms. The molecule has 0 radical (unpaired) electrons. The van der Waals surface area contributed by atoms with E-state index in [2.05, 4.69) is 26.3 Å².